The molecule has 1 aromatic heterocycles. The van der Waals surface area contributed by atoms with Gasteiger partial charge in [-0.1, -0.05) is 48.2 Å². The molecule has 2 heterocycles. The van der Waals surface area contributed by atoms with E-state index in [1.807, 2.05) is 71.5 Å². The summed E-state index contributed by atoms with van der Waals surface area (Å²) in [7, 11) is 0. The van der Waals surface area contributed by atoms with E-state index in [1.54, 1.807) is 6.20 Å². The normalized spacial score (nSPS) is 14.8. The number of amides is 2. The molecular weight excluding hydrogens is 422 g/mol. The van der Waals surface area contributed by atoms with Gasteiger partial charge in [-0.15, -0.1) is 0 Å². The van der Waals surface area contributed by atoms with Crippen molar-refractivity contribution in [3.05, 3.63) is 72.6 Å². The van der Waals surface area contributed by atoms with Crippen LogP contribution >= 0.6 is 11.8 Å². The smallest absolute Gasteiger partial charge is 0.270 e. The van der Waals surface area contributed by atoms with Crippen molar-refractivity contribution in [1.29, 1.82) is 0 Å². The highest BCUT2D eigenvalue weighted by atomic mass is 32.2. The van der Waals surface area contributed by atoms with Crippen LogP contribution in [0.4, 0.5) is 5.69 Å². The van der Waals surface area contributed by atoms with Crippen molar-refractivity contribution < 1.29 is 9.59 Å². The number of hydrogen-bond acceptors (Lipinski definition) is 5. The van der Waals surface area contributed by atoms with Gasteiger partial charge in [0, 0.05) is 30.5 Å². The molecule has 2 amide bonds. The lowest BCUT2D eigenvalue weighted by molar-refractivity contribution is -0.117. The standard InChI is InChI=1S/C24H27N5O2S/c1-32-24-25-16-21(29(24)20-10-6-3-7-11-20)23(31)27-19-12-14-28(15-13-19)17-22(30)26-18-8-4-2-5-9-18/h2-11,16,19H,12-15,17H2,1H3,(H,26,30)(H,27,31). The highest BCUT2D eigenvalue weighted by Gasteiger charge is 2.25. The Morgan fingerprint density at radius 1 is 1.03 bits per heavy atom. The highest BCUT2D eigenvalue weighted by Crippen LogP contribution is 2.22. The Morgan fingerprint density at radius 3 is 2.34 bits per heavy atom. The van der Waals surface area contributed by atoms with Gasteiger partial charge in [0.25, 0.3) is 5.91 Å². The number of nitrogens with one attached hydrogen (secondary N) is 2. The fraction of sp³-hybridized carbons (Fsp3) is 0.292. The van der Waals surface area contributed by atoms with Crippen LogP contribution in [0.3, 0.4) is 0 Å². The van der Waals surface area contributed by atoms with Crippen LogP contribution in [0.15, 0.2) is 72.0 Å². The maximum Gasteiger partial charge on any atom is 0.270 e. The Morgan fingerprint density at radius 2 is 1.69 bits per heavy atom. The van der Waals surface area contributed by atoms with Crippen molar-refractivity contribution >= 4 is 29.3 Å². The fourth-order valence-corrected chi connectivity index (χ4v) is 4.43. The van der Waals surface area contributed by atoms with E-state index >= 15 is 0 Å². The molecule has 1 aliphatic rings. The highest BCUT2D eigenvalue weighted by molar-refractivity contribution is 7.98. The number of thioether (sulfide) groups is 1. The largest absolute Gasteiger partial charge is 0.348 e. The molecule has 0 aliphatic carbocycles. The second kappa shape index (κ2) is 10.5. The molecule has 0 bridgehead atoms. The lowest BCUT2D eigenvalue weighted by Crippen LogP contribution is -2.46. The summed E-state index contributed by atoms with van der Waals surface area (Å²) in [6.07, 6.45) is 5.20. The van der Waals surface area contributed by atoms with E-state index in [2.05, 4.69) is 20.5 Å². The van der Waals surface area contributed by atoms with Crippen LogP contribution in [0.1, 0.15) is 23.3 Å². The van der Waals surface area contributed by atoms with E-state index in [9.17, 15) is 9.59 Å². The average molecular weight is 450 g/mol. The summed E-state index contributed by atoms with van der Waals surface area (Å²) in [4.78, 5) is 31.9. The van der Waals surface area contributed by atoms with Gasteiger partial charge >= 0.3 is 0 Å². The maximum absolute atomic E-state index is 13.0. The van der Waals surface area contributed by atoms with Gasteiger partial charge in [0.15, 0.2) is 5.16 Å². The number of likely N-dealkylation sites (tertiary alicyclic amines) is 1. The van der Waals surface area contributed by atoms with Gasteiger partial charge in [-0.2, -0.15) is 0 Å². The summed E-state index contributed by atoms with van der Waals surface area (Å²) in [5, 5.41) is 6.86. The van der Waals surface area contributed by atoms with Crippen LogP contribution in [0.2, 0.25) is 0 Å². The first-order valence-corrected chi connectivity index (χ1v) is 11.9. The van der Waals surface area contributed by atoms with E-state index in [-0.39, 0.29) is 17.9 Å². The molecule has 1 fully saturated rings. The fourth-order valence-electron chi connectivity index (χ4n) is 3.89. The minimum absolute atomic E-state index is 0.0185. The Labute approximate surface area is 192 Å². The number of anilines is 1. The van der Waals surface area contributed by atoms with Crippen molar-refractivity contribution in [2.45, 2.75) is 24.0 Å². The summed E-state index contributed by atoms with van der Waals surface area (Å²) in [5.41, 5.74) is 2.25. The SMILES string of the molecule is CSc1ncc(C(=O)NC2CCN(CC(=O)Nc3ccccc3)CC2)n1-c1ccccc1. The predicted octanol–water partition coefficient (Wildman–Crippen LogP) is 3.43. The number of imidazole rings is 1. The summed E-state index contributed by atoms with van der Waals surface area (Å²) in [6, 6.07) is 19.3. The Bertz CT molecular complexity index is 1050. The molecule has 166 valence electrons. The number of nitrogens with zero attached hydrogens (tertiary/aromatic N) is 3. The van der Waals surface area contributed by atoms with E-state index in [0.717, 1.165) is 42.5 Å². The first-order valence-electron chi connectivity index (χ1n) is 10.7. The Balaban J connectivity index is 1.32. The van der Waals surface area contributed by atoms with Crippen LogP contribution in [-0.4, -0.2) is 58.2 Å². The summed E-state index contributed by atoms with van der Waals surface area (Å²) in [5.74, 6) is -0.142. The second-order valence-corrected chi connectivity index (χ2v) is 8.51. The molecule has 0 radical (unpaired) electrons. The number of para-hydroxylation sites is 2. The number of aromatic nitrogens is 2. The zero-order valence-corrected chi connectivity index (χ0v) is 18.8. The van der Waals surface area contributed by atoms with Crippen LogP contribution in [0, 0.1) is 0 Å². The molecule has 0 unspecified atom stereocenters. The van der Waals surface area contributed by atoms with Crippen LogP contribution < -0.4 is 10.6 Å². The topological polar surface area (TPSA) is 79.3 Å². The molecule has 0 spiro atoms. The molecule has 7 nitrogen and oxygen atoms in total. The third-order valence-corrected chi connectivity index (χ3v) is 6.16. The van der Waals surface area contributed by atoms with Crippen LogP contribution in [0.5, 0.6) is 0 Å². The monoisotopic (exact) mass is 449 g/mol. The van der Waals surface area contributed by atoms with Gasteiger partial charge in [-0.3, -0.25) is 19.1 Å². The summed E-state index contributed by atoms with van der Waals surface area (Å²) >= 11 is 1.51. The molecule has 0 saturated carbocycles. The Kier molecular flexibility index (Phi) is 7.24. The molecule has 2 N–H and O–H groups in total. The van der Waals surface area contributed by atoms with Crippen molar-refractivity contribution in [2.24, 2.45) is 0 Å². The van der Waals surface area contributed by atoms with Gasteiger partial charge in [0.1, 0.15) is 5.69 Å². The minimum Gasteiger partial charge on any atom is -0.348 e. The molecule has 2 aromatic carbocycles. The molecule has 1 saturated heterocycles. The zero-order chi connectivity index (χ0) is 22.3. The number of piperidine rings is 1. The van der Waals surface area contributed by atoms with E-state index in [0.29, 0.717) is 12.2 Å². The number of rotatable bonds is 7. The van der Waals surface area contributed by atoms with Gasteiger partial charge < -0.3 is 10.6 Å². The molecule has 3 aromatic rings. The van der Waals surface area contributed by atoms with Crippen LogP contribution in [0.25, 0.3) is 5.69 Å². The number of carbonyl (C=O) groups is 2. The Hall–Kier alpha value is -3.10. The molecular formula is C24H27N5O2S. The molecule has 32 heavy (non-hydrogen) atoms. The van der Waals surface area contributed by atoms with E-state index in [1.165, 1.54) is 11.8 Å². The zero-order valence-electron chi connectivity index (χ0n) is 18.0. The van der Waals surface area contributed by atoms with Gasteiger partial charge in [0.05, 0.1) is 12.7 Å². The third kappa shape index (κ3) is 5.38. The van der Waals surface area contributed by atoms with Crippen molar-refractivity contribution in [3.63, 3.8) is 0 Å². The lowest BCUT2D eigenvalue weighted by Gasteiger charge is -2.31. The molecule has 8 heteroatoms. The summed E-state index contributed by atoms with van der Waals surface area (Å²) < 4.78 is 1.89. The quantitative estimate of drug-likeness (QED) is 0.541. The van der Waals surface area contributed by atoms with Gasteiger partial charge in [0.2, 0.25) is 5.91 Å². The number of hydrogen-bond donors (Lipinski definition) is 2. The van der Waals surface area contributed by atoms with Gasteiger partial charge in [-0.05, 0) is 43.4 Å². The van der Waals surface area contributed by atoms with Gasteiger partial charge in [-0.25, -0.2) is 4.98 Å². The molecule has 0 atom stereocenters. The van der Waals surface area contributed by atoms with E-state index < -0.39 is 0 Å². The predicted molar refractivity (Wildman–Crippen MR) is 127 cm³/mol. The number of carbonyl (C=O) groups excluding carboxylic acids is 2. The van der Waals surface area contributed by atoms with Crippen molar-refractivity contribution in [3.8, 4) is 5.69 Å². The van der Waals surface area contributed by atoms with Crippen molar-refractivity contribution in [2.75, 3.05) is 31.2 Å². The average Bonchev–Trinajstić information content (AvgIpc) is 3.26. The summed E-state index contributed by atoms with van der Waals surface area (Å²) in [6.45, 7) is 1.88. The first-order chi connectivity index (χ1) is 15.6. The second-order valence-electron chi connectivity index (χ2n) is 7.74. The third-order valence-electron chi connectivity index (χ3n) is 5.51. The van der Waals surface area contributed by atoms with Crippen molar-refractivity contribution in [1.82, 2.24) is 19.8 Å². The number of benzene rings is 2. The molecule has 4 rings (SSSR count). The van der Waals surface area contributed by atoms with Crippen LogP contribution in [-0.2, 0) is 4.79 Å². The van der Waals surface area contributed by atoms with E-state index in [4.69, 9.17) is 0 Å². The minimum atomic E-state index is -0.123. The maximum atomic E-state index is 13.0. The lowest BCUT2D eigenvalue weighted by atomic mass is 10.0. The first kappa shape index (κ1) is 22.1. The molecule has 1 aliphatic heterocycles.